The minimum Gasteiger partial charge on any atom is -0.318 e. The Hall–Kier alpha value is -1.82. The highest BCUT2D eigenvalue weighted by Gasteiger charge is 2.15. The lowest BCUT2D eigenvalue weighted by molar-refractivity contribution is 0.102. The predicted molar refractivity (Wildman–Crippen MR) is 64.2 cm³/mol. The van der Waals surface area contributed by atoms with Gasteiger partial charge in [0, 0.05) is 6.54 Å². The molecule has 6 nitrogen and oxygen atoms in total. The second-order valence-corrected chi connectivity index (χ2v) is 3.91. The minimum atomic E-state index is -0.328. The summed E-state index contributed by atoms with van der Waals surface area (Å²) in [7, 11) is 0. The highest BCUT2D eigenvalue weighted by molar-refractivity contribution is 6.34. The van der Waals surface area contributed by atoms with Crippen molar-refractivity contribution in [2.24, 2.45) is 0 Å². The first-order chi connectivity index (χ1) is 8.13. The first-order valence-electron chi connectivity index (χ1n) is 5.16. The summed E-state index contributed by atoms with van der Waals surface area (Å²) in [6.45, 7) is 4.63. The Morgan fingerprint density at radius 3 is 2.88 bits per heavy atom. The molecule has 0 aliphatic carbocycles. The van der Waals surface area contributed by atoms with Crippen LogP contribution in [0, 0.1) is 6.92 Å². The number of amides is 1. The number of carbonyl (C=O) groups excluding carboxylic acids is 1. The van der Waals surface area contributed by atoms with Crippen LogP contribution in [0.3, 0.4) is 0 Å². The molecule has 2 rings (SSSR count). The van der Waals surface area contributed by atoms with Gasteiger partial charge in [-0.3, -0.25) is 14.6 Å². The van der Waals surface area contributed by atoms with Crippen LogP contribution in [0.25, 0.3) is 0 Å². The van der Waals surface area contributed by atoms with E-state index in [-0.39, 0.29) is 11.6 Å². The number of anilines is 1. The second-order valence-electron chi connectivity index (χ2n) is 3.51. The zero-order chi connectivity index (χ0) is 12.4. The van der Waals surface area contributed by atoms with Crippen molar-refractivity contribution in [2.45, 2.75) is 20.4 Å². The molecule has 0 bridgehead atoms. The van der Waals surface area contributed by atoms with E-state index >= 15 is 0 Å². The van der Waals surface area contributed by atoms with Crippen LogP contribution >= 0.6 is 11.6 Å². The topological polar surface area (TPSA) is 75.6 Å². The van der Waals surface area contributed by atoms with Crippen LogP contribution in [0.5, 0.6) is 0 Å². The van der Waals surface area contributed by atoms with Gasteiger partial charge in [0.2, 0.25) is 0 Å². The number of rotatable bonds is 3. The number of hydrogen-bond donors (Lipinski definition) is 2. The van der Waals surface area contributed by atoms with Gasteiger partial charge in [0.05, 0.1) is 28.8 Å². The molecule has 0 aromatic carbocycles. The molecule has 0 saturated heterocycles. The van der Waals surface area contributed by atoms with Crippen molar-refractivity contribution in [3.63, 3.8) is 0 Å². The van der Waals surface area contributed by atoms with Crippen molar-refractivity contribution in [3.05, 3.63) is 28.8 Å². The SMILES string of the molecule is CCn1ncc(NC(=O)c2[nH]ncc2Cl)c1C. The molecule has 90 valence electrons. The third-order valence-electron chi connectivity index (χ3n) is 2.47. The van der Waals surface area contributed by atoms with Crippen molar-refractivity contribution in [2.75, 3.05) is 5.32 Å². The third kappa shape index (κ3) is 2.16. The van der Waals surface area contributed by atoms with E-state index in [1.54, 1.807) is 10.9 Å². The quantitative estimate of drug-likeness (QED) is 0.876. The van der Waals surface area contributed by atoms with E-state index in [2.05, 4.69) is 20.6 Å². The van der Waals surface area contributed by atoms with Crippen LogP contribution in [0.1, 0.15) is 23.1 Å². The van der Waals surface area contributed by atoms with Crippen molar-refractivity contribution in [3.8, 4) is 0 Å². The van der Waals surface area contributed by atoms with Crippen LogP contribution in [-0.2, 0) is 6.54 Å². The lowest BCUT2D eigenvalue weighted by Gasteiger charge is -2.04. The molecule has 0 atom stereocenters. The number of halogens is 1. The Bertz CT molecular complexity index is 545. The van der Waals surface area contributed by atoms with Gasteiger partial charge in [-0.05, 0) is 13.8 Å². The summed E-state index contributed by atoms with van der Waals surface area (Å²) in [4.78, 5) is 11.8. The normalized spacial score (nSPS) is 10.5. The number of nitrogens with zero attached hydrogens (tertiary/aromatic N) is 3. The number of aromatic amines is 1. The van der Waals surface area contributed by atoms with Gasteiger partial charge in [-0.15, -0.1) is 0 Å². The van der Waals surface area contributed by atoms with E-state index < -0.39 is 0 Å². The summed E-state index contributed by atoms with van der Waals surface area (Å²) in [5, 5.41) is 13.4. The first kappa shape index (κ1) is 11.7. The number of aromatic nitrogens is 4. The van der Waals surface area contributed by atoms with E-state index in [0.717, 1.165) is 12.2 Å². The van der Waals surface area contributed by atoms with Gasteiger partial charge in [-0.2, -0.15) is 10.2 Å². The fourth-order valence-corrected chi connectivity index (χ4v) is 1.68. The first-order valence-corrected chi connectivity index (χ1v) is 5.54. The van der Waals surface area contributed by atoms with Crippen LogP contribution in [-0.4, -0.2) is 25.9 Å². The summed E-state index contributed by atoms with van der Waals surface area (Å²) in [5.74, 6) is -0.328. The molecule has 0 aliphatic heterocycles. The van der Waals surface area contributed by atoms with Crippen molar-refractivity contribution < 1.29 is 4.79 Å². The van der Waals surface area contributed by atoms with Gasteiger partial charge in [-0.25, -0.2) is 0 Å². The predicted octanol–water partition coefficient (Wildman–Crippen LogP) is 1.84. The molecule has 17 heavy (non-hydrogen) atoms. The zero-order valence-electron chi connectivity index (χ0n) is 9.49. The molecule has 2 heterocycles. The minimum absolute atomic E-state index is 0.246. The fourth-order valence-electron chi connectivity index (χ4n) is 1.50. The summed E-state index contributed by atoms with van der Waals surface area (Å²) in [6, 6.07) is 0. The number of aryl methyl sites for hydroxylation is 1. The maximum Gasteiger partial charge on any atom is 0.275 e. The summed E-state index contributed by atoms with van der Waals surface area (Å²) >= 11 is 5.80. The maximum atomic E-state index is 11.8. The molecule has 0 radical (unpaired) electrons. The molecule has 7 heteroatoms. The van der Waals surface area contributed by atoms with Gasteiger partial charge >= 0.3 is 0 Å². The Morgan fingerprint density at radius 1 is 1.59 bits per heavy atom. The molecule has 0 unspecified atom stereocenters. The highest BCUT2D eigenvalue weighted by atomic mass is 35.5. The van der Waals surface area contributed by atoms with Gasteiger partial charge in [0.25, 0.3) is 5.91 Å². The molecule has 0 saturated carbocycles. The van der Waals surface area contributed by atoms with Gasteiger partial charge in [-0.1, -0.05) is 11.6 Å². The molecule has 0 aliphatic rings. The highest BCUT2D eigenvalue weighted by Crippen LogP contribution is 2.17. The largest absolute Gasteiger partial charge is 0.318 e. The summed E-state index contributed by atoms with van der Waals surface area (Å²) < 4.78 is 1.80. The van der Waals surface area contributed by atoms with Crippen LogP contribution in [0.4, 0.5) is 5.69 Å². The Balaban J connectivity index is 2.19. The lowest BCUT2D eigenvalue weighted by atomic mass is 10.3. The number of carbonyl (C=O) groups is 1. The van der Waals surface area contributed by atoms with Crippen molar-refractivity contribution in [1.29, 1.82) is 0 Å². The van der Waals surface area contributed by atoms with Gasteiger partial charge in [0.1, 0.15) is 5.69 Å². The number of nitrogens with one attached hydrogen (secondary N) is 2. The molecule has 1 amide bonds. The molecular weight excluding hydrogens is 242 g/mol. The third-order valence-corrected chi connectivity index (χ3v) is 2.76. The van der Waals surface area contributed by atoms with E-state index in [1.807, 2.05) is 13.8 Å². The van der Waals surface area contributed by atoms with Gasteiger partial charge < -0.3 is 5.32 Å². The summed E-state index contributed by atoms with van der Waals surface area (Å²) in [6.07, 6.45) is 3.00. The monoisotopic (exact) mass is 253 g/mol. The van der Waals surface area contributed by atoms with Crippen LogP contribution < -0.4 is 5.32 Å². The fraction of sp³-hybridized carbons (Fsp3) is 0.300. The smallest absolute Gasteiger partial charge is 0.275 e. The van der Waals surface area contributed by atoms with Crippen LogP contribution in [0.15, 0.2) is 12.4 Å². The lowest BCUT2D eigenvalue weighted by Crippen LogP contribution is -2.13. The Kier molecular flexibility index (Phi) is 3.14. The molecule has 0 spiro atoms. The van der Waals surface area contributed by atoms with E-state index in [0.29, 0.717) is 10.7 Å². The Morgan fingerprint density at radius 2 is 2.35 bits per heavy atom. The standard InChI is InChI=1S/C10H12ClN5O/c1-3-16-6(2)8(5-13-16)14-10(17)9-7(11)4-12-15-9/h4-5H,3H2,1-2H3,(H,12,15)(H,14,17). The van der Waals surface area contributed by atoms with Crippen LogP contribution in [0.2, 0.25) is 5.02 Å². The number of hydrogen-bond acceptors (Lipinski definition) is 3. The van der Waals surface area contributed by atoms with Gasteiger partial charge in [0.15, 0.2) is 0 Å². The maximum absolute atomic E-state index is 11.8. The molecule has 2 N–H and O–H groups in total. The van der Waals surface area contributed by atoms with E-state index in [1.165, 1.54) is 6.20 Å². The molecule has 2 aromatic rings. The van der Waals surface area contributed by atoms with Crippen molar-refractivity contribution in [1.82, 2.24) is 20.0 Å². The molecule has 0 fully saturated rings. The Labute approximate surface area is 103 Å². The van der Waals surface area contributed by atoms with E-state index in [9.17, 15) is 4.79 Å². The molecular formula is C10H12ClN5O. The summed E-state index contributed by atoms with van der Waals surface area (Å²) in [5.41, 5.74) is 1.81. The van der Waals surface area contributed by atoms with E-state index in [4.69, 9.17) is 11.6 Å². The molecule has 2 aromatic heterocycles. The van der Waals surface area contributed by atoms with Crippen molar-refractivity contribution >= 4 is 23.2 Å². The average Bonchev–Trinajstić information content (AvgIpc) is 2.87. The number of H-pyrrole nitrogens is 1. The zero-order valence-corrected chi connectivity index (χ0v) is 10.2. The second kappa shape index (κ2) is 4.58. The average molecular weight is 254 g/mol.